The van der Waals surface area contributed by atoms with Crippen molar-refractivity contribution >= 4 is 27.1 Å². The molecule has 0 aliphatic heterocycles. The van der Waals surface area contributed by atoms with Gasteiger partial charge < -0.3 is 10.3 Å². The highest BCUT2D eigenvalue weighted by atomic mass is 35.5. The van der Waals surface area contributed by atoms with Gasteiger partial charge in [0.15, 0.2) is 26.4 Å². The van der Waals surface area contributed by atoms with E-state index in [0.717, 1.165) is 18.5 Å². The zero-order chi connectivity index (χ0) is 23.1. The molecule has 0 saturated carbocycles. The van der Waals surface area contributed by atoms with Gasteiger partial charge in [0.25, 0.3) is 0 Å². The van der Waals surface area contributed by atoms with Crippen molar-refractivity contribution in [3.63, 3.8) is 0 Å². The largest absolute Gasteiger partial charge is 0.436 e. The van der Waals surface area contributed by atoms with E-state index in [-0.39, 0.29) is 32.8 Å². The van der Waals surface area contributed by atoms with Crippen molar-refractivity contribution in [3.05, 3.63) is 69.9 Å². The lowest BCUT2D eigenvalue weighted by Crippen LogP contribution is -2.16. The van der Waals surface area contributed by atoms with Crippen LogP contribution >= 0.6 is 11.6 Å². The Morgan fingerprint density at radius 3 is 2.35 bits per heavy atom. The lowest BCUT2D eigenvalue weighted by Gasteiger charge is -2.19. The number of aromatic nitrogens is 3. The van der Waals surface area contributed by atoms with Crippen molar-refractivity contribution in [2.75, 3.05) is 11.6 Å². The quantitative estimate of drug-likeness (QED) is 0.518. The number of alkyl halides is 3. The lowest BCUT2D eigenvalue weighted by molar-refractivity contribution is -0.143. The molecule has 2 aromatic heterocycles. The van der Waals surface area contributed by atoms with Crippen molar-refractivity contribution in [2.45, 2.75) is 24.2 Å². The Kier molecular flexibility index (Phi) is 5.98. The van der Waals surface area contributed by atoms with Crippen LogP contribution in [-0.2, 0) is 16.0 Å². The van der Waals surface area contributed by atoms with Gasteiger partial charge in [0.1, 0.15) is 17.7 Å². The Morgan fingerprint density at radius 1 is 1.16 bits per heavy atom. The predicted octanol–water partition coefficient (Wildman–Crippen LogP) is 4.67. The number of sulfone groups is 1. The molecule has 0 fully saturated rings. The molecule has 0 aliphatic carbocycles. The average molecular weight is 481 g/mol. The summed E-state index contributed by atoms with van der Waals surface area (Å²) in [6.45, 7) is 1.46. The Bertz CT molecular complexity index is 1240. The minimum atomic E-state index is -4.98. The fraction of sp³-hybridized carbons (Fsp3) is 0.222. The predicted molar refractivity (Wildman–Crippen MR) is 103 cm³/mol. The second-order valence-electron chi connectivity index (χ2n) is 6.63. The summed E-state index contributed by atoms with van der Waals surface area (Å²) in [5.41, 5.74) is -1.37. The van der Waals surface area contributed by atoms with Crippen LogP contribution in [0.15, 0.2) is 35.5 Å². The third-order valence-electron chi connectivity index (χ3n) is 4.18. The number of anilines is 1. The van der Waals surface area contributed by atoms with Crippen LogP contribution in [0.5, 0.6) is 0 Å². The molecule has 1 unspecified atom stereocenters. The van der Waals surface area contributed by atoms with E-state index in [4.69, 9.17) is 11.6 Å². The number of rotatable bonds is 5. The Labute approximate surface area is 178 Å². The summed E-state index contributed by atoms with van der Waals surface area (Å²) in [5, 5.41) is 2.22. The molecule has 2 heterocycles. The molecule has 0 spiro atoms. The number of benzene rings is 1. The molecule has 166 valence electrons. The first kappa shape index (κ1) is 22.9. The van der Waals surface area contributed by atoms with Crippen LogP contribution in [0.4, 0.5) is 27.6 Å². The smallest absolute Gasteiger partial charge is 0.370 e. The van der Waals surface area contributed by atoms with Gasteiger partial charge in [0.05, 0.1) is 22.6 Å². The molecule has 13 heteroatoms. The Balaban J connectivity index is 2.09. The molecule has 3 aromatic rings. The summed E-state index contributed by atoms with van der Waals surface area (Å²) >= 11 is 5.83. The zero-order valence-electron chi connectivity index (χ0n) is 15.9. The number of H-pyrrole nitrogens is 1. The van der Waals surface area contributed by atoms with E-state index < -0.39 is 39.4 Å². The zero-order valence-corrected chi connectivity index (χ0v) is 17.4. The number of nitrogens with zero attached hydrogens (tertiary/aromatic N) is 2. The average Bonchev–Trinajstić information content (AvgIpc) is 3.03. The summed E-state index contributed by atoms with van der Waals surface area (Å²) in [7, 11) is -3.70. The standard InChI is InChI=1S/C18H14ClF5N4O2S/c1-8-17(31(2,29)30)28-16(26-8)14(9-3-4-12(20)11(19)5-9)27-10-6-13(21)15(25-7-10)18(22,23)24/h3-7,14,27H,1-2H3,(H,26,28). The van der Waals surface area contributed by atoms with Crippen LogP contribution in [0.3, 0.4) is 0 Å². The van der Waals surface area contributed by atoms with Crippen LogP contribution in [0.2, 0.25) is 5.02 Å². The summed E-state index contributed by atoms with van der Waals surface area (Å²) in [6, 6.07) is 3.11. The van der Waals surface area contributed by atoms with Gasteiger partial charge in [0.2, 0.25) is 0 Å². The van der Waals surface area contributed by atoms with Gasteiger partial charge in [-0.05, 0) is 24.6 Å². The second-order valence-corrected chi connectivity index (χ2v) is 8.97. The van der Waals surface area contributed by atoms with Crippen molar-refractivity contribution in [1.29, 1.82) is 0 Å². The maximum atomic E-state index is 13.9. The number of nitrogens with one attached hydrogen (secondary N) is 2. The highest BCUT2D eigenvalue weighted by molar-refractivity contribution is 7.90. The van der Waals surface area contributed by atoms with E-state index in [1.54, 1.807) is 0 Å². The molecule has 2 N–H and O–H groups in total. The fourth-order valence-electron chi connectivity index (χ4n) is 2.86. The highest BCUT2D eigenvalue weighted by Gasteiger charge is 2.36. The van der Waals surface area contributed by atoms with Crippen LogP contribution < -0.4 is 5.32 Å². The third-order valence-corrected chi connectivity index (χ3v) is 5.57. The van der Waals surface area contributed by atoms with Gasteiger partial charge in [-0.1, -0.05) is 17.7 Å². The topological polar surface area (TPSA) is 87.7 Å². The number of imidazole rings is 1. The maximum Gasteiger partial charge on any atom is 0.436 e. The van der Waals surface area contributed by atoms with E-state index in [2.05, 4.69) is 20.3 Å². The van der Waals surface area contributed by atoms with Crippen LogP contribution in [0.1, 0.15) is 28.8 Å². The molecule has 0 radical (unpaired) electrons. The first-order valence-electron chi connectivity index (χ1n) is 8.48. The molecule has 1 atom stereocenters. The van der Waals surface area contributed by atoms with E-state index in [1.165, 1.54) is 19.1 Å². The number of hydrogen-bond donors (Lipinski definition) is 2. The summed E-state index contributed by atoms with van der Waals surface area (Å²) < 4.78 is 89.7. The molecule has 1 aromatic carbocycles. The summed E-state index contributed by atoms with van der Waals surface area (Å²) in [4.78, 5) is 9.93. The molecule has 6 nitrogen and oxygen atoms in total. The van der Waals surface area contributed by atoms with Gasteiger partial charge in [-0.3, -0.25) is 0 Å². The summed E-state index contributed by atoms with van der Waals surface area (Å²) in [6.07, 6.45) is -3.27. The first-order valence-corrected chi connectivity index (χ1v) is 10.7. The molecule has 31 heavy (non-hydrogen) atoms. The third kappa shape index (κ3) is 4.96. The van der Waals surface area contributed by atoms with Gasteiger partial charge in [-0.2, -0.15) is 13.2 Å². The lowest BCUT2D eigenvalue weighted by atomic mass is 10.1. The van der Waals surface area contributed by atoms with E-state index in [1.807, 2.05) is 0 Å². The van der Waals surface area contributed by atoms with E-state index in [9.17, 15) is 30.4 Å². The van der Waals surface area contributed by atoms with Gasteiger partial charge in [-0.25, -0.2) is 27.2 Å². The van der Waals surface area contributed by atoms with E-state index >= 15 is 0 Å². The molecular formula is C18H14ClF5N4O2S. The molecule has 0 bridgehead atoms. The van der Waals surface area contributed by atoms with E-state index in [0.29, 0.717) is 6.07 Å². The Hall–Kier alpha value is -2.73. The Morgan fingerprint density at radius 2 is 1.84 bits per heavy atom. The second kappa shape index (κ2) is 8.08. The molecule has 0 aliphatic rings. The van der Waals surface area contributed by atoms with Crippen molar-refractivity contribution in [2.24, 2.45) is 0 Å². The van der Waals surface area contributed by atoms with Gasteiger partial charge in [-0.15, -0.1) is 0 Å². The molecule has 3 rings (SSSR count). The monoisotopic (exact) mass is 480 g/mol. The maximum absolute atomic E-state index is 13.9. The molecular weight excluding hydrogens is 467 g/mol. The van der Waals surface area contributed by atoms with Crippen LogP contribution in [0, 0.1) is 18.6 Å². The number of aryl methyl sites for hydroxylation is 1. The normalized spacial score (nSPS) is 13.3. The number of halogens is 6. The molecule has 0 saturated heterocycles. The molecule has 0 amide bonds. The minimum absolute atomic E-state index is 0.0286. The van der Waals surface area contributed by atoms with Crippen LogP contribution in [-0.4, -0.2) is 29.6 Å². The van der Waals surface area contributed by atoms with Crippen molar-refractivity contribution in [1.82, 2.24) is 15.0 Å². The fourth-order valence-corrected chi connectivity index (χ4v) is 3.92. The first-order chi connectivity index (χ1) is 14.3. The number of hydrogen-bond acceptors (Lipinski definition) is 5. The van der Waals surface area contributed by atoms with Crippen LogP contribution in [0.25, 0.3) is 0 Å². The SMILES string of the molecule is Cc1[nH]c(C(Nc2cnc(C(F)(F)F)c(F)c2)c2ccc(F)c(Cl)c2)nc1S(C)(=O)=O. The van der Waals surface area contributed by atoms with Crippen molar-refractivity contribution in [3.8, 4) is 0 Å². The van der Waals surface area contributed by atoms with Crippen molar-refractivity contribution < 1.29 is 30.4 Å². The van der Waals surface area contributed by atoms with Gasteiger partial charge >= 0.3 is 6.18 Å². The number of aromatic amines is 1. The van der Waals surface area contributed by atoms with Gasteiger partial charge in [0, 0.05) is 12.3 Å². The minimum Gasteiger partial charge on any atom is -0.370 e. The highest BCUT2D eigenvalue weighted by Crippen LogP contribution is 2.33. The number of pyridine rings is 1. The summed E-state index contributed by atoms with van der Waals surface area (Å²) in [5.74, 6) is -2.30.